The zero-order valence-corrected chi connectivity index (χ0v) is 12.6. The van der Waals surface area contributed by atoms with E-state index < -0.39 is 0 Å². The lowest BCUT2D eigenvalue weighted by Crippen LogP contribution is -2.01. The summed E-state index contributed by atoms with van der Waals surface area (Å²) in [7, 11) is 0. The van der Waals surface area contributed by atoms with Crippen molar-refractivity contribution in [2.75, 3.05) is 5.43 Å². The van der Waals surface area contributed by atoms with Crippen molar-refractivity contribution in [3.8, 4) is 0 Å². The van der Waals surface area contributed by atoms with E-state index in [0.29, 0.717) is 27.0 Å². The quantitative estimate of drug-likeness (QED) is 0.605. The van der Waals surface area contributed by atoms with E-state index in [1.54, 1.807) is 37.3 Å². The maximum absolute atomic E-state index is 13.4. The lowest BCUT2D eigenvalue weighted by Gasteiger charge is -2.06. The highest BCUT2D eigenvalue weighted by Crippen LogP contribution is 2.22. The molecule has 0 atom stereocenters. The molecule has 2 aromatic carbocycles. The molecule has 104 valence electrons. The third-order valence-electron chi connectivity index (χ3n) is 2.85. The molecule has 2 rings (SSSR count). The van der Waals surface area contributed by atoms with Gasteiger partial charge >= 0.3 is 0 Å². The van der Waals surface area contributed by atoms with Crippen LogP contribution in [-0.4, -0.2) is 5.71 Å². The first-order valence-electron chi connectivity index (χ1n) is 5.99. The smallest absolute Gasteiger partial charge is 0.128 e. The van der Waals surface area contributed by atoms with Crippen LogP contribution in [0.4, 0.5) is 10.1 Å². The number of halogens is 3. The van der Waals surface area contributed by atoms with Gasteiger partial charge in [-0.2, -0.15) is 5.10 Å². The average Bonchev–Trinajstić information content (AvgIpc) is 2.40. The lowest BCUT2D eigenvalue weighted by molar-refractivity contribution is 0.619. The standard InChI is InChI=1S/C15H13Cl2FN2/c1-9-3-5-12(8-15(9)18)20-19-10(2)13-6-4-11(16)7-14(13)17/h3-8,20H,1-2H3/b19-10+. The second-order valence-corrected chi connectivity index (χ2v) is 5.24. The summed E-state index contributed by atoms with van der Waals surface area (Å²) < 4.78 is 13.4. The fourth-order valence-corrected chi connectivity index (χ4v) is 2.20. The summed E-state index contributed by atoms with van der Waals surface area (Å²) in [5, 5.41) is 5.29. The number of rotatable bonds is 3. The molecule has 0 bridgehead atoms. The maximum Gasteiger partial charge on any atom is 0.128 e. The summed E-state index contributed by atoms with van der Waals surface area (Å²) in [6, 6.07) is 10.0. The van der Waals surface area contributed by atoms with E-state index in [4.69, 9.17) is 23.2 Å². The summed E-state index contributed by atoms with van der Waals surface area (Å²) in [5.41, 5.74) is 5.45. The largest absolute Gasteiger partial charge is 0.278 e. The molecule has 2 aromatic rings. The predicted octanol–water partition coefficient (Wildman–Crippen LogP) is 5.28. The molecular weight excluding hydrogens is 298 g/mol. The Kier molecular flexibility index (Phi) is 4.63. The number of hydrogen-bond acceptors (Lipinski definition) is 2. The molecule has 1 N–H and O–H groups in total. The van der Waals surface area contributed by atoms with Crippen LogP contribution in [0.15, 0.2) is 41.5 Å². The van der Waals surface area contributed by atoms with Crippen molar-refractivity contribution in [2.45, 2.75) is 13.8 Å². The number of hydrazone groups is 1. The highest BCUT2D eigenvalue weighted by atomic mass is 35.5. The first kappa shape index (κ1) is 14.8. The normalized spacial score (nSPS) is 11.6. The van der Waals surface area contributed by atoms with Crippen LogP contribution in [0.5, 0.6) is 0 Å². The second-order valence-electron chi connectivity index (χ2n) is 4.40. The minimum Gasteiger partial charge on any atom is -0.278 e. The van der Waals surface area contributed by atoms with Gasteiger partial charge in [-0.3, -0.25) is 5.43 Å². The number of hydrogen-bond donors (Lipinski definition) is 1. The zero-order chi connectivity index (χ0) is 14.7. The van der Waals surface area contributed by atoms with Gasteiger partial charge in [0.1, 0.15) is 5.82 Å². The Labute approximate surface area is 127 Å². The van der Waals surface area contributed by atoms with Crippen LogP contribution in [0.2, 0.25) is 10.0 Å². The topological polar surface area (TPSA) is 24.4 Å². The summed E-state index contributed by atoms with van der Waals surface area (Å²) in [6.45, 7) is 3.52. The molecule has 5 heteroatoms. The van der Waals surface area contributed by atoms with Crippen molar-refractivity contribution in [2.24, 2.45) is 5.10 Å². The van der Waals surface area contributed by atoms with Crippen LogP contribution < -0.4 is 5.43 Å². The molecule has 0 heterocycles. The van der Waals surface area contributed by atoms with Gasteiger partial charge in [0.2, 0.25) is 0 Å². The number of benzene rings is 2. The Hall–Kier alpha value is -1.58. The Morgan fingerprint density at radius 2 is 1.90 bits per heavy atom. The van der Waals surface area contributed by atoms with E-state index in [1.165, 1.54) is 6.07 Å². The second kappa shape index (κ2) is 6.25. The predicted molar refractivity (Wildman–Crippen MR) is 83.4 cm³/mol. The van der Waals surface area contributed by atoms with Crippen LogP contribution in [0, 0.1) is 12.7 Å². The summed E-state index contributed by atoms with van der Waals surface area (Å²) in [6.07, 6.45) is 0. The molecule has 0 saturated carbocycles. The van der Waals surface area contributed by atoms with Crippen LogP contribution >= 0.6 is 23.2 Å². The van der Waals surface area contributed by atoms with Crippen LogP contribution in [-0.2, 0) is 0 Å². The number of nitrogens with one attached hydrogen (secondary N) is 1. The molecule has 0 amide bonds. The molecule has 2 nitrogen and oxygen atoms in total. The van der Waals surface area contributed by atoms with Crippen molar-refractivity contribution in [3.05, 3.63) is 63.4 Å². The van der Waals surface area contributed by atoms with Gasteiger partial charge in [0, 0.05) is 10.6 Å². The van der Waals surface area contributed by atoms with Crippen molar-refractivity contribution in [3.63, 3.8) is 0 Å². The fourth-order valence-electron chi connectivity index (χ4n) is 1.65. The van der Waals surface area contributed by atoms with Gasteiger partial charge in [-0.25, -0.2) is 4.39 Å². The van der Waals surface area contributed by atoms with Crippen molar-refractivity contribution < 1.29 is 4.39 Å². The molecule has 0 fully saturated rings. The van der Waals surface area contributed by atoms with E-state index in [2.05, 4.69) is 10.5 Å². The van der Waals surface area contributed by atoms with Gasteiger partial charge in [-0.05, 0) is 43.7 Å². The van der Waals surface area contributed by atoms with E-state index in [0.717, 1.165) is 5.56 Å². The van der Waals surface area contributed by atoms with Gasteiger partial charge in [0.15, 0.2) is 0 Å². The van der Waals surface area contributed by atoms with E-state index in [9.17, 15) is 4.39 Å². The number of aryl methyl sites for hydroxylation is 1. The zero-order valence-electron chi connectivity index (χ0n) is 11.0. The summed E-state index contributed by atoms with van der Waals surface area (Å²) in [5.74, 6) is -0.271. The van der Waals surface area contributed by atoms with Crippen molar-refractivity contribution >= 4 is 34.6 Å². The molecule has 20 heavy (non-hydrogen) atoms. The highest BCUT2D eigenvalue weighted by Gasteiger charge is 2.05. The van der Waals surface area contributed by atoms with E-state index >= 15 is 0 Å². The molecule has 0 radical (unpaired) electrons. The van der Waals surface area contributed by atoms with Crippen LogP contribution in [0.1, 0.15) is 18.1 Å². The SMILES string of the molecule is C/C(=N\Nc1ccc(C)c(F)c1)c1ccc(Cl)cc1Cl. The molecule has 0 aromatic heterocycles. The number of anilines is 1. The third-order valence-corrected chi connectivity index (χ3v) is 3.39. The van der Waals surface area contributed by atoms with E-state index in [-0.39, 0.29) is 5.82 Å². The van der Waals surface area contributed by atoms with Crippen LogP contribution in [0.25, 0.3) is 0 Å². The van der Waals surface area contributed by atoms with Gasteiger partial charge < -0.3 is 0 Å². The first-order valence-corrected chi connectivity index (χ1v) is 6.75. The van der Waals surface area contributed by atoms with E-state index in [1.807, 2.05) is 6.92 Å². The molecule has 0 saturated heterocycles. The monoisotopic (exact) mass is 310 g/mol. The van der Waals surface area contributed by atoms with Gasteiger partial charge in [0.25, 0.3) is 0 Å². The Balaban J connectivity index is 2.20. The molecule has 0 aliphatic heterocycles. The molecule has 0 spiro atoms. The first-order chi connectivity index (χ1) is 9.47. The minimum atomic E-state index is -0.271. The van der Waals surface area contributed by atoms with Gasteiger partial charge in [-0.15, -0.1) is 0 Å². The molecule has 0 unspecified atom stereocenters. The molecule has 0 aliphatic carbocycles. The average molecular weight is 311 g/mol. The highest BCUT2D eigenvalue weighted by molar-refractivity contribution is 6.37. The minimum absolute atomic E-state index is 0.271. The third kappa shape index (κ3) is 3.50. The number of nitrogens with zero attached hydrogens (tertiary/aromatic N) is 1. The van der Waals surface area contributed by atoms with Gasteiger partial charge in [0.05, 0.1) is 16.4 Å². The van der Waals surface area contributed by atoms with Crippen molar-refractivity contribution in [1.82, 2.24) is 0 Å². The molecular formula is C15H13Cl2FN2. The molecule has 0 aliphatic rings. The summed E-state index contributed by atoms with van der Waals surface area (Å²) in [4.78, 5) is 0. The van der Waals surface area contributed by atoms with Crippen molar-refractivity contribution in [1.29, 1.82) is 0 Å². The Morgan fingerprint density at radius 3 is 2.55 bits per heavy atom. The lowest BCUT2D eigenvalue weighted by atomic mass is 10.1. The Bertz CT molecular complexity index is 669. The fraction of sp³-hybridized carbons (Fsp3) is 0.133. The van der Waals surface area contributed by atoms with Crippen LogP contribution in [0.3, 0.4) is 0 Å². The maximum atomic E-state index is 13.4. The summed E-state index contributed by atoms with van der Waals surface area (Å²) >= 11 is 11.9. The Morgan fingerprint density at radius 1 is 1.15 bits per heavy atom. The van der Waals surface area contributed by atoms with Gasteiger partial charge in [-0.1, -0.05) is 35.3 Å².